The predicted molar refractivity (Wildman–Crippen MR) is 76.9 cm³/mol. The van der Waals surface area contributed by atoms with E-state index in [1.807, 2.05) is 6.07 Å². The molecule has 0 saturated carbocycles. The maximum atomic E-state index is 11.0. The molecule has 0 saturated heterocycles. The Morgan fingerprint density at radius 3 is 3.00 bits per heavy atom. The number of amides is 2. The Hall–Kier alpha value is -3.16. The maximum Gasteiger partial charge on any atom is 0.316 e. The lowest BCUT2D eigenvalue weighted by molar-refractivity contribution is 0.259. The molecule has 8 nitrogen and oxygen atoms in total. The van der Waals surface area contributed by atoms with Crippen LogP contribution >= 0.6 is 0 Å². The number of rotatable bonds is 3. The Morgan fingerprint density at radius 2 is 2.29 bits per heavy atom. The van der Waals surface area contributed by atoms with E-state index in [9.17, 15) is 4.79 Å². The van der Waals surface area contributed by atoms with E-state index in [4.69, 9.17) is 10.5 Å². The second kappa shape index (κ2) is 5.08. The Balaban J connectivity index is 2.07. The summed E-state index contributed by atoms with van der Waals surface area (Å²) < 4.78 is 5.17. The van der Waals surface area contributed by atoms with Crippen molar-refractivity contribution in [3.8, 4) is 17.1 Å². The van der Waals surface area contributed by atoms with Crippen LogP contribution in [0.1, 0.15) is 0 Å². The Kier molecular flexibility index (Phi) is 3.11. The molecule has 2 amide bonds. The Labute approximate surface area is 119 Å². The van der Waals surface area contributed by atoms with Gasteiger partial charge in [0.1, 0.15) is 23.4 Å². The number of methoxy groups -OCH3 is 1. The van der Waals surface area contributed by atoms with Crippen molar-refractivity contribution < 1.29 is 9.53 Å². The summed E-state index contributed by atoms with van der Waals surface area (Å²) in [5.74, 6) is 1.12. The molecule has 0 spiro atoms. The van der Waals surface area contributed by atoms with Crippen LogP contribution in [0, 0.1) is 0 Å². The number of anilines is 1. The van der Waals surface area contributed by atoms with Crippen LogP contribution < -0.4 is 15.8 Å². The molecule has 0 unspecified atom stereocenters. The molecule has 0 aliphatic rings. The number of hydrogen-bond acceptors (Lipinski definition) is 5. The number of aromatic nitrogens is 4. The van der Waals surface area contributed by atoms with E-state index in [-0.39, 0.29) is 0 Å². The number of primary amides is 1. The van der Waals surface area contributed by atoms with Gasteiger partial charge in [-0.1, -0.05) is 0 Å². The summed E-state index contributed by atoms with van der Waals surface area (Å²) >= 11 is 0. The molecule has 1 aromatic carbocycles. The minimum Gasteiger partial charge on any atom is -0.495 e. The van der Waals surface area contributed by atoms with Gasteiger partial charge in [0.15, 0.2) is 5.65 Å². The monoisotopic (exact) mass is 284 g/mol. The lowest BCUT2D eigenvalue weighted by Gasteiger charge is -2.09. The highest BCUT2D eigenvalue weighted by atomic mass is 16.5. The summed E-state index contributed by atoms with van der Waals surface area (Å²) in [5, 5.41) is 2.51. The van der Waals surface area contributed by atoms with Gasteiger partial charge in [-0.2, -0.15) is 0 Å². The fourth-order valence-electron chi connectivity index (χ4n) is 1.98. The molecule has 21 heavy (non-hydrogen) atoms. The van der Waals surface area contributed by atoms with Crippen molar-refractivity contribution in [3.63, 3.8) is 0 Å². The molecule has 3 rings (SSSR count). The molecule has 3 aromatic rings. The molecule has 2 heterocycles. The average molecular weight is 284 g/mol. The molecule has 0 aliphatic heterocycles. The first-order chi connectivity index (χ1) is 10.2. The molecule has 2 aromatic heterocycles. The van der Waals surface area contributed by atoms with E-state index in [1.54, 1.807) is 18.3 Å². The molecule has 0 fully saturated rings. The van der Waals surface area contributed by atoms with Gasteiger partial charge in [-0.25, -0.2) is 19.7 Å². The zero-order valence-electron chi connectivity index (χ0n) is 11.1. The largest absolute Gasteiger partial charge is 0.495 e. The van der Waals surface area contributed by atoms with Crippen molar-refractivity contribution in [3.05, 3.63) is 30.7 Å². The van der Waals surface area contributed by atoms with Crippen LogP contribution in [-0.2, 0) is 0 Å². The zero-order chi connectivity index (χ0) is 14.8. The number of urea groups is 1. The number of ether oxygens (including phenoxy) is 1. The first-order valence-corrected chi connectivity index (χ1v) is 6.08. The summed E-state index contributed by atoms with van der Waals surface area (Å²) in [7, 11) is 1.51. The first-order valence-electron chi connectivity index (χ1n) is 6.08. The van der Waals surface area contributed by atoms with Gasteiger partial charge in [-0.15, -0.1) is 0 Å². The highest BCUT2D eigenvalue weighted by molar-refractivity contribution is 5.90. The van der Waals surface area contributed by atoms with Crippen LogP contribution in [0.5, 0.6) is 5.75 Å². The third-order valence-corrected chi connectivity index (χ3v) is 2.89. The molecular weight excluding hydrogens is 272 g/mol. The van der Waals surface area contributed by atoms with Gasteiger partial charge in [0.25, 0.3) is 0 Å². The van der Waals surface area contributed by atoms with Crippen molar-refractivity contribution in [2.24, 2.45) is 5.73 Å². The number of carbonyl (C=O) groups is 1. The Bertz CT molecular complexity index is 780. The molecule has 4 N–H and O–H groups in total. The van der Waals surface area contributed by atoms with Gasteiger partial charge in [0.05, 0.1) is 19.0 Å². The number of aromatic amines is 1. The van der Waals surface area contributed by atoms with E-state index in [1.165, 1.54) is 13.4 Å². The van der Waals surface area contributed by atoms with Crippen molar-refractivity contribution >= 4 is 22.9 Å². The summed E-state index contributed by atoms with van der Waals surface area (Å²) in [5.41, 5.74) is 7.68. The third kappa shape index (κ3) is 2.46. The van der Waals surface area contributed by atoms with Gasteiger partial charge >= 0.3 is 6.03 Å². The second-order valence-electron chi connectivity index (χ2n) is 4.25. The summed E-state index contributed by atoms with van der Waals surface area (Å²) in [6.45, 7) is 0. The van der Waals surface area contributed by atoms with Gasteiger partial charge in [0, 0.05) is 5.56 Å². The number of imidazole rings is 1. The molecular formula is C13H12N6O2. The van der Waals surface area contributed by atoms with E-state index >= 15 is 0 Å². The molecule has 106 valence electrons. The van der Waals surface area contributed by atoms with Crippen LogP contribution in [0.3, 0.4) is 0 Å². The van der Waals surface area contributed by atoms with E-state index in [0.29, 0.717) is 22.9 Å². The molecule has 0 atom stereocenters. The minimum atomic E-state index is -0.666. The number of benzene rings is 1. The third-order valence-electron chi connectivity index (χ3n) is 2.89. The van der Waals surface area contributed by atoms with Crippen molar-refractivity contribution in [2.45, 2.75) is 0 Å². The van der Waals surface area contributed by atoms with Gasteiger partial charge in [0.2, 0.25) is 0 Å². The van der Waals surface area contributed by atoms with Crippen LogP contribution in [0.4, 0.5) is 10.5 Å². The van der Waals surface area contributed by atoms with Crippen molar-refractivity contribution in [1.82, 2.24) is 19.9 Å². The summed E-state index contributed by atoms with van der Waals surface area (Å²) in [4.78, 5) is 26.5. The van der Waals surface area contributed by atoms with E-state index < -0.39 is 6.03 Å². The number of fused-ring (bicyclic) bond motifs is 1. The van der Waals surface area contributed by atoms with Crippen molar-refractivity contribution in [2.75, 3.05) is 12.4 Å². The average Bonchev–Trinajstić information content (AvgIpc) is 2.90. The molecule has 0 radical (unpaired) electrons. The predicted octanol–water partition coefficient (Wildman–Crippen LogP) is 1.52. The quantitative estimate of drug-likeness (QED) is 0.673. The molecule has 0 bridgehead atoms. The standard InChI is InChI=1S/C13H12N6O2/c1-21-10-3-2-7(4-8(10)18-13(14)20)11-17-9-5-15-6-16-12(9)19-11/h2-6H,1H3,(H3,14,18,20)(H,15,16,17,19). The van der Waals surface area contributed by atoms with Crippen LogP contribution in [-0.4, -0.2) is 33.1 Å². The topological polar surface area (TPSA) is 119 Å². The molecule has 0 aliphatic carbocycles. The van der Waals surface area contributed by atoms with Gasteiger partial charge < -0.3 is 20.8 Å². The highest BCUT2D eigenvalue weighted by Crippen LogP contribution is 2.29. The smallest absolute Gasteiger partial charge is 0.316 e. The first kappa shape index (κ1) is 12.9. The number of nitrogens with two attached hydrogens (primary N) is 1. The van der Waals surface area contributed by atoms with Crippen molar-refractivity contribution in [1.29, 1.82) is 0 Å². The maximum absolute atomic E-state index is 11.0. The fraction of sp³-hybridized carbons (Fsp3) is 0.0769. The lowest BCUT2D eigenvalue weighted by Crippen LogP contribution is -2.19. The minimum absolute atomic E-state index is 0.467. The van der Waals surface area contributed by atoms with Gasteiger partial charge in [-0.3, -0.25) is 0 Å². The number of nitrogens with zero attached hydrogens (tertiary/aromatic N) is 3. The number of hydrogen-bond donors (Lipinski definition) is 3. The number of H-pyrrole nitrogens is 1. The summed E-state index contributed by atoms with van der Waals surface area (Å²) in [6.07, 6.45) is 3.08. The van der Waals surface area contributed by atoms with Crippen LogP contribution in [0.15, 0.2) is 30.7 Å². The van der Waals surface area contributed by atoms with E-state index in [0.717, 1.165) is 11.1 Å². The van der Waals surface area contributed by atoms with Gasteiger partial charge in [-0.05, 0) is 18.2 Å². The van der Waals surface area contributed by atoms with Crippen LogP contribution in [0.25, 0.3) is 22.6 Å². The second-order valence-corrected chi connectivity index (χ2v) is 4.25. The molecule has 8 heteroatoms. The summed E-state index contributed by atoms with van der Waals surface area (Å²) in [6, 6.07) is 4.59. The zero-order valence-corrected chi connectivity index (χ0v) is 11.1. The lowest BCUT2D eigenvalue weighted by atomic mass is 10.1. The SMILES string of the molecule is COc1ccc(-c2nc3ncncc3[nH]2)cc1NC(N)=O. The normalized spacial score (nSPS) is 10.5. The fourth-order valence-corrected chi connectivity index (χ4v) is 1.98. The number of carbonyl (C=O) groups excluding carboxylic acids is 1. The Morgan fingerprint density at radius 1 is 1.43 bits per heavy atom. The number of nitrogens with one attached hydrogen (secondary N) is 2. The highest BCUT2D eigenvalue weighted by Gasteiger charge is 2.11. The van der Waals surface area contributed by atoms with E-state index in [2.05, 4.69) is 25.3 Å². The van der Waals surface area contributed by atoms with Crippen LogP contribution in [0.2, 0.25) is 0 Å².